The van der Waals surface area contributed by atoms with Crippen LogP contribution in [0.1, 0.15) is 68.6 Å². The van der Waals surface area contributed by atoms with Crippen molar-refractivity contribution in [3.8, 4) is 5.69 Å². The second-order valence-corrected chi connectivity index (χ2v) is 17.6. The average Bonchev–Trinajstić information content (AvgIpc) is 3.25. The summed E-state index contributed by atoms with van der Waals surface area (Å²) in [4.78, 5) is 19.6. The molecule has 0 bridgehead atoms. The lowest BCUT2D eigenvalue weighted by molar-refractivity contribution is -0.538. The Kier molecular flexibility index (Phi) is 14.0. The molecular weight excluding hydrogens is 761 g/mol. The van der Waals surface area contributed by atoms with E-state index < -0.39 is 0 Å². The smallest absolute Gasteiger partial charge is 0.242 e. The molecule has 0 saturated heterocycles. The predicted molar refractivity (Wildman–Crippen MR) is 267 cm³/mol. The lowest BCUT2D eigenvalue weighted by Gasteiger charge is -2.26. The molecule has 1 N–H and O–H groups in total. The molecule has 1 heterocycles. The zero-order chi connectivity index (χ0) is 43.9. The summed E-state index contributed by atoms with van der Waals surface area (Å²) in [6, 6.07) is 34.4. The first-order chi connectivity index (χ1) is 29.9. The van der Waals surface area contributed by atoms with Crippen molar-refractivity contribution in [1.29, 1.82) is 0 Å². The highest BCUT2D eigenvalue weighted by Crippen LogP contribution is 2.38. The van der Waals surface area contributed by atoms with Gasteiger partial charge in [-0.1, -0.05) is 68.2 Å². The van der Waals surface area contributed by atoms with Crippen LogP contribution < -0.4 is 24.6 Å². The van der Waals surface area contributed by atoms with Gasteiger partial charge in [-0.25, -0.2) is 4.98 Å². The molecule has 1 aliphatic rings. The fourth-order valence-electron chi connectivity index (χ4n) is 9.15. The van der Waals surface area contributed by atoms with Crippen molar-refractivity contribution in [2.24, 2.45) is 4.99 Å². The van der Waals surface area contributed by atoms with Crippen molar-refractivity contribution in [1.82, 2.24) is 9.88 Å². The van der Waals surface area contributed by atoms with Crippen molar-refractivity contribution >= 4 is 61.9 Å². The third-order valence-corrected chi connectivity index (χ3v) is 12.4. The number of unbranched alkanes of at least 4 members (excludes halogenated alkanes) is 5. The van der Waals surface area contributed by atoms with Gasteiger partial charge in [0.1, 0.15) is 11.0 Å². The third-order valence-electron chi connectivity index (χ3n) is 12.4. The Bertz CT molecular complexity index is 2610. The number of anilines is 5. The lowest BCUT2D eigenvalue weighted by atomic mass is 10.0. The van der Waals surface area contributed by atoms with Crippen molar-refractivity contribution in [3.63, 3.8) is 0 Å². The van der Waals surface area contributed by atoms with Gasteiger partial charge in [0.25, 0.3) is 0 Å². The minimum atomic E-state index is 0.821. The summed E-state index contributed by atoms with van der Waals surface area (Å²) in [5.74, 6) is 0. The number of nitrogens with zero attached hydrogens (tertiary/aromatic N) is 7. The van der Waals surface area contributed by atoms with E-state index in [0.29, 0.717) is 0 Å². The van der Waals surface area contributed by atoms with E-state index in [0.717, 1.165) is 70.0 Å². The number of benzene rings is 5. The van der Waals surface area contributed by atoms with Crippen LogP contribution in [0.15, 0.2) is 125 Å². The van der Waals surface area contributed by atoms with Gasteiger partial charge >= 0.3 is 0 Å². The van der Waals surface area contributed by atoms with Gasteiger partial charge in [0.2, 0.25) is 16.7 Å². The predicted octanol–water partition coefficient (Wildman–Crippen LogP) is 12.2. The first-order valence-electron chi connectivity index (χ1n) is 22.5. The monoisotopic (exact) mass is 828 g/mol. The van der Waals surface area contributed by atoms with Gasteiger partial charge in [0.05, 0.1) is 11.4 Å². The number of hydrogen-bond acceptors (Lipinski definition) is 7. The molecule has 0 amide bonds. The Balaban J connectivity index is 0.916. The summed E-state index contributed by atoms with van der Waals surface area (Å²) in [7, 11) is 12.9. The molecule has 8 nitrogen and oxygen atoms in total. The number of aromatic nitrogens is 2. The summed E-state index contributed by atoms with van der Waals surface area (Å²) < 4.78 is 2.41. The van der Waals surface area contributed by atoms with E-state index >= 15 is 0 Å². The highest BCUT2D eigenvalue weighted by Gasteiger charge is 2.25. The van der Waals surface area contributed by atoms with Crippen LogP contribution in [0.2, 0.25) is 0 Å². The quantitative estimate of drug-likeness (QED) is 0.0561. The Hall–Kier alpha value is -6.15. The van der Waals surface area contributed by atoms with Crippen molar-refractivity contribution < 1.29 is 4.57 Å². The highest BCUT2D eigenvalue weighted by molar-refractivity contribution is 6.01. The number of fused-ring (bicyclic) bond motifs is 2. The summed E-state index contributed by atoms with van der Waals surface area (Å²) in [5.41, 5.74) is 19.6. The zero-order valence-corrected chi connectivity index (χ0v) is 38.9. The lowest BCUT2D eigenvalue weighted by Crippen LogP contribution is -2.34. The molecule has 0 atom stereocenters. The molecule has 0 aliphatic heterocycles. The molecule has 1 aliphatic carbocycles. The number of likely N-dealkylation sites (N-methyl/N-ethyl adjacent to an activating group) is 1. The van der Waals surface area contributed by atoms with Crippen molar-refractivity contribution in [3.05, 3.63) is 137 Å². The number of nitrogens with one attached hydrogen (secondary N) is 1. The standard InChI is InChI=1S/C54H67N8/c1-38-35-43(55-45-28-31-49(58(5)6)40(3)53(45)56-42-23-17-15-18-24-42)27-30-48(38)60(9)33-21-13-11-12-14-22-34-61(10)51-37-52-47(36-39(51)2)57-46-29-32-50(59(7)8)41(4)54(46)62(52)44-25-19-16-20-26-44/h15-20,23-26,28-32,35-37,56H,11-14,21-22,27,33-34H2,1-10H3/q+1. The van der Waals surface area contributed by atoms with E-state index in [1.807, 2.05) is 6.07 Å². The van der Waals surface area contributed by atoms with E-state index in [4.69, 9.17) is 9.98 Å². The van der Waals surface area contributed by atoms with Gasteiger partial charge in [-0.05, 0) is 106 Å². The molecule has 8 heteroatoms. The molecule has 0 saturated carbocycles. The van der Waals surface area contributed by atoms with Crippen LogP contribution in [-0.2, 0) is 0 Å². The Morgan fingerprint density at radius 2 is 1.24 bits per heavy atom. The van der Waals surface area contributed by atoms with Crippen LogP contribution in [0.4, 0.5) is 34.1 Å². The van der Waals surface area contributed by atoms with Crippen LogP contribution in [0.3, 0.4) is 0 Å². The zero-order valence-electron chi connectivity index (χ0n) is 38.9. The topological polar surface area (TPSA) is 54.1 Å². The van der Waals surface area contributed by atoms with Gasteiger partial charge in [0, 0.05) is 120 Å². The molecule has 0 radical (unpaired) electrons. The van der Waals surface area contributed by atoms with Gasteiger partial charge < -0.3 is 24.9 Å². The van der Waals surface area contributed by atoms with E-state index in [2.05, 4.69) is 203 Å². The van der Waals surface area contributed by atoms with Crippen molar-refractivity contribution in [2.75, 3.05) is 75.4 Å². The molecule has 0 spiro atoms. The van der Waals surface area contributed by atoms with Crippen LogP contribution in [0.5, 0.6) is 0 Å². The van der Waals surface area contributed by atoms with Gasteiger partial charge in [-0.15, -0.1) is 4.57 Å². The molecule has 322 valence electrons. The fourth-order valence-corrected chi connectivity index (χ4v) is 9.15. The van der Waals surface area contributed by atoms with Crippen LogP contribution in [0.25, 0.3) is 27.8 Å². The molecule has 6 aromatic rings. The van der Waals surface area contributed by atoms with E-state index in [1.54, 1.807) is 0 Å². The van der Waals surface area contributed by atoms with Gasteiger partial charge in [-0.3, -0.25) is 4.99 Å². The van der Waals surface area contributed by atoms with Crippen LogP contribution >= 0.6 is 0 Å². The minimum Gasteiger partial charge on any atom is -0.377 e. The van der Waals surface area contributed by atoms with E-state index in [9.17, 15) is 0 Å². The molecular formula is C54H67N8+. The average molecular weight is 828 g/mol. The molecule has 62 heavy (non-hydrogen) atoms. The van der Waals surface area contributed by atoms with Crippen molar-refractivity contribution in [2.45, 2.75) is 72.6 Å². The summed E-state index contributed by atoms with van der Waals surface area (Å²) in [6.07, 6.45) is 12.9. The second-order valence-electron chi connectivity index (χ2n) is 17.6. The molecule has 7 rings (SSSR count). The number of rotatable bonds is 17. The maximum absolute atomic E-state index is 5.20. The maximum atomic E-state index is 5.20. The molecule has 0 unspecified atom stereocenters. The number of allylic oxidation sites excluding steroid dienone is 3. The summed E-state index contributed by atoms with van der Waals surface area (Å²) in [6.45, 7) is 10.9. The maximum Gasteiger partial charge on any atom is 0.242 e. The number of aliphatic imine (C=N–C) groups is 1. The highest BCUT2D eigenvalue weighted by atomic mass is 15.1. The second kappa shape index (κ2) is 19.7. The first-order valence-corrected chi connectivity index (χ1v) is 22.5. The molecule has 0 fully saturated rings. The number of aryl methyl sites for hydroxylation is 2. The Morgan fingerprint density at radius 3 is 1.90 bits per heavy atom. The normalized spacial score (nSPS) is 13.4. The van der Waals surface area contributed by atoms with E-state index in [1.165, 1.54) is 83.5 Å². The minimum absolute atomic E-state index is 0.821. The van der Waals surface area contributed by atoms with Gasteiger partial charge in [0.15, 0.2) is 0 Å². The van der Waals surface area contributed by atoms with E-state index in [-0.39, 0.29) is 0 Å². The largest absolute Gasteiger partial charge is 0.377 e. The SMILES string of the molecule is CC1=CC(=Nc2ccc(N(C)C)c(C)c2Nc2ccccc2)CC=C1N(C)CCCCCCCCN(C)c1cc2c(cc1C)nc1ccc(N(C)C)c(C)c1[n+]2-c1ccccc1. The van der Waals surface area contributed by atoms with Crippen LogP contribution in [-0.4, -0.2) is 71.0 Å². The number of para-hydroxylation sites is 2. The summed E-state index contributed by atoms with van der Waals surface area (Å²) in [5, 5.41) is 3.66. The molecule has 1 aromatic heterocycles. The van der Waals surface area contributed by atoms with Gasteiger partial charge in [-0.2, -0.15) is 0 Å². The Labute approximate surface area is 370 Å². The van der Waals surface area contributed by atoms with Crippen LogP contribution in [0, 0.1) is 20.8 Å². The first kappa shape index (κ1) is 43.9. The Morgan fingerprint density at radius 1 is 0.629 bits per heavy atom. The number of hydrogen-bond donors (Lipinski definition) is 1. The fraction of sp³-hybridized carbons (Fsp3) is 0.352. The third kappa shape index (κ3) is 9.81. The summed E-state index contributed by atoms with van der Waals surface area (Å²) >= 11 is 0. The molecule has 5 aromatic carbocycles.